The van der Waals surface area contributed by atoms with E-state index in [2.05, 4.69) is 4.98 Å². The molecule has 0 spiro atoms. The van der Waals surface area contributed by atoms with Crippen molar-refractivity contribution in [3.8, 4) is 0 Å². The van der Waals surface area contributed by atoms with Gasteiger partial charge in [0.25, 0.3) is 0 Å². The van der Waals surface area contributed by atoms with E-state index in [9.17, 15) is 18.0 Å². The number of carbonyl (C=O) groups is 1. The van der Waals surface area contributed by atoms with Crippen LogP contribution in [0.5, 0.6) is 0 Å². The number of pyridine rings is 1. The molecule has 0 bridgehead atoms. The van der Waals surface area contributed by atoms with Crippen molar-refractivity contribution in [2.45, 2.75) is 38.4 Å². The van der Waals surface area contributed by atoms with Crippen molar-refractivity contribution in [1.29, 1.82) is 0 Å². The van der Waals surface area contributed by atoms with Crippen LogP contribution in [0.25, 0.3) is 0 Å². The number of anilines is 1. The van der Waals surface area contributed by atoms with E-state index in [0.29, 0.717) is 38.4 Å². The van der Waals surface area contributed by atoms with Crippen LogP contribution in [0.15, 0.2) is 18.3 Å². The second-order valence-corrected chi connectivity index (χ2v) is 5.96. The predicted octanol–water partition coefficient (Wildman–Crippen LogP) is 2.27. The Morgan fingerprint density at radius 3 is 2.62 bits per heavy atom. The average Bonchev–Trinajstić information content (AvgIpc) is 2.79. The summed E-state index contributed by atoms with van der Waals surface area (Å²) >= 11 is 0. The molecular weight excluding hydrogens is 321 g/mol. The summed E-state index contributed by atoms with van der Waals surface area (Å²) in [5, 5.41) is 0. The summed E-state index contributed by atoms with van der Waals surface area (Å²) in [7, 11) is 0. The Morgan fingerprint density at radius 1 is 1.29 bits per heavy atom. The molecule has 0 aliphatic carbocycles. The van der Waals surface area contributed by atoms with Gasteiger partial charge < -0.3 is 15.5 Å². The molecule has 1 aromatic rings. The van der Waals surface area contributed by atoms with Crippen molar-refractivity contribution in [2.75, 3.05) is 31.1 Å². The molecule has 2 N–H and O–H groups in total. The third-order valence-electron chi connectivity index (χ3n) is 4.12. The highest BCUT2D eigenvalue weighted by Gasteiger charge is 2.31. The van der Waals surface area contributed by atoms with Gasteiger partial charge in [0, 0.05) is 32.4 Å². The van der Waals surface area contributed by atoms with Gasteiger partial charge in [-0.25, -0.2) is 4.98 Å². The molecule has 0 saturated carbocycles. The van der Waals surface area contributed by atoms with E-state index in [-0.39, 0.29) is 5.91 Å². The molecule has 1 atom stereocenters. The first-order chi connectivity index (χ1) is 11.3. The number of hydrogen-bond donors (Lipinski definition) is 1. The van der Waals surface area contributed by atoms with Gasteiger partial charge in [0.05, 0.1) is 11.6 Å². The average molecular weight is 344 g/mol. The van der Waals surface area contributed by atoms with Crippen molar-refractivity contribution in [2.24, 2.45) is 5.73 Å². The lowest BCUT2D eigenvalue weighted by atomic mass is 10.1. The molecule has 2 rings (SSSR count). The van der Waals surface area contributed by atoms with Crippen molar-refractivity contribution in [3.05, 3.63) is 23.9 Å². The fourth-order valence-electron chi connectivity index (χ4n) is 2.78. The van der Waals surface area contributed by atoms with Gasteiger partial charge in [-0.3, -0.25) is 4.79 Å². The van der Waals surface area contributed by atoms with Crippen LogP contribution in [0.1, 0.15) is 31.7 Å². The highest BCUT2D eigenvalue weighted by Crippen LogP contribution is 2.29. The smallest absolute Gasteiger partial charge is 0.355 e. The van der Waals surface area contributed by atoms with Crippen LogP contribution in [0.4, 0.5) is 19.0 Å². The van der Waals surface area contributed by atoms with E-state index in [1.54, 1.807) is 4.90 Å². The maximum atomic E-state index is 12.6. The molecule has 1 aliphatic rings. The van der Waals surface area contributed by atoms with Gasteiger partial charge in [-0.1, -0.05) is 13.3 Å². The largest absolute Gasteiger partial charge is 0.417 e. The molecule has 0 unspecified atom stereocenters. The van der Waals surface area contributed by atoms with Gasteiger partial charge in [-0.15, -0.1) is 0 Å². The van der Waals surface area contributed by atoms with Crippen LogP contribution in [0.2, 0.25) is 0 Å². The molecule has 1 amide bonds. The van der Waals surface area contributed by atoms with E-state index < -0.39 is 17.8 Å². The Morgan fingerprint density at radius 2 is 2.04 bits per heavy atom. The molecule has 8 heteroatoms. The molecule has 0 radical (unpaired) electrons. The summed E-state index contributed by atoms with van der Waals surface area (Å²) in [6.45, 7) is 4.26. The van der Waals surface area contributed by atoms with Gasteiger partial charge in [0.15, 0.2) is 0 Å². The number of nitrogens with two attached hydrogens (primary N) is 1. The normalized spacial score (nSPS) is 17.5. The lowest BCUT2D eigenvalue weighted by Crippen LogP contribution is -2.45. The number of alkyl halides is 3. The Balaban J connectivity index is 1.99. The topological polar surface area (TPSA) is 62.5 Å². The molecule has 24 heavy (non-hydrogen) atoms. The highest BCUT2D eigenvalue weighted by atomic mass is 19.4. The summed E-state index contributed by atoms with van der Waals surface area (Å²) in [4.78, 5) is 19.8. The number of halogens is 3. The number of carbonyl (C=O) groups excluding carboxylic acids is 1. The minimum atomic E-state index is -4.39. The lowest BCUT2D eigenvalue weighted by molar-refractivity contribution is -0.137. The first kappa shape index (κ1) is 18.5. The van der Waals surface area contributed by atoms with Crippen molar-refractivity contribution < 1.29 is 18.0 Å². The first-order valence-electron chi connectivity index (χ1n) is 8.15. The third-order valence-corrected chi connectivity index (χ3v) is 4.12. The summed E-state index contributed by atoms with van der Waals surface area (Å²) in [5.41, 5.74) is 5.13. The Kier molecular flexibility index (Phi) is 6.04. The molecule has 1 aromatic heterocycles. The summed E-state index contributed by atoms with van der Waals surface area (Å²) in [6, 6.07) is 1.93. The number of rotatable bonds is 4. The minimum Gasteiger partial charge on any atom is -0.355 e. The molecule has 1 saturated heterocycles. The van der Waals surface area contributed by atoms with E-state index in [4.69, 9.17) is 5.73 Å². The van der Waals surface area contributed by atoms with Crippen LogP contribution in [-0.4, -0.2) is 48.0 Å². The molecule has 1 fully saturated rings. The summed E-state index contributed by atoms with van der Waals surface area (Å²) < 4.78 is 37.8. The lowest BCUT2D eigenvalue weighted by Gasteiger charge is -2.25. The Labute approximate surface area is 139 Å². The minimum absolute atomic E-state index is 0.0564. The zero-order chi connectivity index (χ0) is 17.7. The van der Waals surface area contributed by atoms with Crippen LogP contribution in [0.3, 0.4) is 0 Å². The molecule has 2 heterocycles. The highest BCUT2D eigenvalue weighted by molar-refractivity contribution is 5.81. The standard InChI is InChI=1S/C16H23F3N4O/c1-2-4-13(20)15(24)23-8-3-7-22(9-10-23)14-6-5-12(11-21-14)16(17,18)19/h5-6,11,13H,2-4,7-10,20H2,1H3/t13-/m1/s1. The monoisotopic (exact) mass is 344 g/mol. The van der Waals surface area contributed by atoms with Crippen LogP contribution >= 0.6 is 0 Å². The van der Waals surface area contributed by atoms with E-state index >= 15 is 0 Å². The van der Waals surface area contributed by atoms with Gasteiger partial charge >= 0.3 is 6.18 Å². The van der Waals surface area contributed by atoms with E-state index in [1.165, 1.54) is 6.07 Å². The fourth-order valence-corrected chi connectivity index (χ4v) is 2.78. The molecule has 134 valence electrons. The van der Waals surface area contributed by atoms with Gasteiger partial charge in [-0.2, -0.15) is 13.2 Å². The molecule has 0 aromatic carbocycles. The number of amides is 1. The van der Waals surface area contributed by atoms with Gasteiger partial charge in [0.1, 0.15) is 5.82 Å². The number of aromatic nitrogens is 1. The van der Waals surface area contributed by atoms with Crippen molar-refractivity contribution in [1.82, 2.24) is 9.88 Å². The Bertz CT molecular complexity index is 547. The number of nitrogens with zero attached hydrogens (tertiary/aromatic N) is 3. The summed E-state index contributed by atoms with van der Waals surface area (Å²) in [5.74, 6) is 0.439. The van der Waals surface area contributed by atoms with Gasteiger partial charge in [0.2, 0.25) is 5.91 Å². The van der Waals surface area contributed by atoms with Crippen LogP contribution in [-0.2, 0) is 11.0 Å². The molecular formula is C16H23F3N4O. The van der Waals surface area contributed by atoms with Crippen molar-refractivity contribution in [3.63, 3.8) is 0 Å². The zero-order valence-corrected chi connectivity index (χ0v) is 13.7. The van der Waals surface area contributed by atoms with Crippen LogP contribution in [0, 0.1) is 0 Å². The maximum Gasteiger partial charge on any atom is 0.417 e. The molecule has 1 aliphatic heterocycles. The second kappa shape index (κ2) is 7.83. The fraction of sp³-hybridized carbons (Fsp3) is 0.625. The quantitative estimate of drug-likeness (QED) is 0.910. The maximum absolute atomic E-state index is 12.6. The van der Waals surface area contributed by atoms with E-state index in [1.807, 2.05) is 11.8 Å². The SMILES string of the molecule is CCC[C@@H](N)C(=O)N1CCCN(c2ccc(C(F)(F)F)cn2)CC1. The van der Waals surface area contributed by atoms with Gasteiger partial charge in [-0.05, 0) is 25.0 Å². The Hall–Kier alpha value is -1.83. The van der Waals surface area contributed by atoms with E-state index in [0.717, 1.165) is 25.1 Å². The first-order valence-corrected chi connectivity index (χ1v) is 8.15. The summed E-state index contributed by atoms with van der Waals surface area (Å²) in [6.07, 6.45) is -1.31. The second-order valence-electron chi connectivity index (χ2n) is 5.96. The third kappa shape index (κ3) is 4.59. The zero-order valence-electron chi connectivity index (χ0n) is 13.7. The molecule has 5 nitrogen and oxygen atoms in total. The van der Waals surface area contributed by atoms with Crippen LogP contribution < -0.4 is 10.6 Å². The predicted molar refractivity (Wildman–Crippen MR) is 85.5 cm³/mol. The van der Waals surface area contributed by atoms with Crippen molar-refractivity contribution >= 4 is 11.7 Å². The number of hydrogen-bond acceptors (Lipinski definition) is 4.